The molecule has 0 aliphatic carbocycles. The number of carbonyl (C=O) groups excluding carboxylic acids is 2. The molecule has 2 N–H and O–H groups in total. The maximum absolute atomic E-state index is 12.4. The first-order chi connectivity index (χ1) is 11.9. The number of rotatable bonds is 8. The molecule has 1 aliphatic rings. The average molecular weight is 345 g/mol. The minimum atomic E-state index is -0.988. The number of hydrogen-bond donors (Lipinski definition) is 2. The molecule has 0 spiro atoms. The number of β-amino-alcohol motifs (C(OH)–C–C–N with tert-alkyl or cyclic N) is 1. The van der Waals surface area contributed by atoms with Crippen molar-refractivity contribution in [2.45, 2.75) is 44.8 Å². The van der Waals surface area contributed by atoms with Crippen LogP contribution in [0.4, 0.5) is 4.79 Å². The molecule has 3 amide bonds. The van der Waals surface area contributed by atoms with Crippen LogP contribution in [0.2, 0.25) is 0 Å². The van der Waals surface area contributed by atoms with Crippen LogP contribution < -0.4 is 10.1 Å². The highest BCUT2D eigenvalue weighted by atomic mass is 16.5. The summed E-state index contributed by atoms with van der Waals surface area (Å²) in [5, 5.41) is 21.4. The van der Waals surface area contributed by atoms with E-state index in [1.54, 1.807) is 31.2 Å². The van der Waals surface area contributed by atoms with Crippen molar-refractivity contribution in [1.29, 1.82) is 5.26 Å². The van der Waals surface area contributed by atoms with Crippen molar-refractivity contribution in [3.63, 3.8) is 0 Å². The van der Waals surface area contributed by atoms with E-state index in [9.17, 15) is 14.7 Å². The van der Waals surface area contributed by atoms with E-state index >= 15 is 0 Å². The molecule has 0 saturated carbocycles. The fourth-order valence-corrected chi connectivity index (χ4v) is 2.83. The SMILES string of the molecule is CCC[C@]1(C)NC(=O)N(C[C@H](O)COc2ccc(CC#N)cc2)C1=O. The molecule has 1 fully saturated rings. The number of hydrogen-bond acceptors (Lipinski definition) is 5. The van der Waals surface area contributed by atoms with Crippen LogP contribution in [-0.2, 0) is 11.2 Å². The van der Waals surface area contributed by atoms with Gasteiger partial charge in [0.2, 0.25) is 0 Å². The molecule has 1 aliphatic heterocycles. The van der Waals surface area contributed by atoms with Gasteiger partial charge in [-0.2, -0.15) is 5.26 Å². The fourth-order valence-electron chi connectivity index (χ4n) is 2.83. The molecular weight excluding hydrogens is 322 g/mol. The van der Waals surface area contributed by atoms with Gasteiger partial charge in [-0.15, -0.1) is 0 Å². The molecule has 134 valence electrons. The van der Waals surface area contributed by atoms with Crippen molar-refractivity contribution in [2.24, 2.45) is 0 Å². The highest BCUT2D eigenvalue weighted by Crippen LogP contribution is 2.22. The number of nitriles is 1. The van der Waals surface area contributed by atoms with Crippen molar-refractivity contribution in [3.05, 3.63) is 29.8 Å². The summed E-state index contributed by atoms with van der Waals surface area (Å²) in [6.45, 7) is 3.48. The van der Waals surface area contributed by atoms with Gasteiger partial charge in [0.15, 0.2) is 0 Å². The summed E-state index contributed by atoms with van der Waals surface area (Å²) in [6.07, 6.45) is 0.656. The zero-order valence-corrected chi connectivity index (χ0v) is 14.5. The van der Waals surface area contributed by atoms with Crippen LogP contribution in [0, 0.1) is 11.3 Å². The highest BCUT2D eigenvalue weighted by Gasteiger charge is 2.47. The van der Waals surface area contributed by atoms with Crippen LogP contribution in [0.15, 0.2) is 24.3 Å². The lowest BCUT2D eigenvalue weighted by Crippen LogP contribution is -2.44. The highest BCUT2D eigenvalue weighted by molar-refractivity contribution is 6.06. The van der Waals surface area contributed by atoms with Gasteiger partial charge in [-0.25, -0.2) is 4.79 Å². The third-order valence-corrected chi connectivity index (χ3v) is 4.14. The molecule has 7 heteroatoms. The summed E-state index contributed by atoms with van der Waals surface area (Å²) in [5.74, 6) is 0.230. The number of amides is 3. The molecule has 1 aromatic rings. The van der Waals surface area contributed by atoms with Crippen LogP contribution in [0.5, 0.6) is 5.75 Å². The monoisotopic (exact) mass is 345 g/mol. The van der Waals surface area contributed by atoms with Crippen molar-refractivity contribution in [3.8, 4) is 11.8 Å². The second kappa shape index (κ2) is 7.99. The Morgan fingerprint density at radius 3 is 2.64 bits per heavy atom. The Bertz CT molecular complexity index is 668. The molecule has 1 aromatic carbocycles. The van der Waals surface area contributed by atoms with Gasteiger partial charge in [0, 0.05) is 0 Å². The third-order valence-electron chi connectivity index (χ3n) is 4.14. The lowest BCUT2D eigenvalue weighted by Gasteiger charge is -2.22. The second-order valence-electron chi connectivity index (χ2n) is 6.37. The number of nitrogens with zero attached hydrogens (tertiary/aromatic N) is 2. The summed E-state index contributed by atoms with van der Waals surface area (Å²) in [5.41, 5.74) is -0.0202. The van der Waals surface area contributed by atoms with Gasteiger partial charge in [0.05, 0.1) is 19.0 Å². The van der Waals surface area contributed by atoms with Crippen LogP contribution in [-0.4, -0.2) is 46.7 Å². The normalized spacial score (nSPS) is 21.0. The Kier molecular flexibility index (Phi) is 5.99. The number of carbonyl (C=O) groups is 2. The van der Waals surface area contributed by atoms with Gasteiger partial charge in [-0.05, 0) is 31.0 Å². The van der Waals surface area contributed by atoms with Gasteiger partial charge < -0.3 is 15.2 Å². The minimum Gasteiger partial charge on any atom is -0.491 e. The van der Waals surface area contributed by atoms with Gasteiger partial charge in [0.25, 0.3) is 5.91 Å². The minimum absolute atomic E-state index is 0.0425. The first-order valence-electron chi connectivity index (χ1n) is 8.30. The Morgan fingerprint density at radius 1 is 1.36 bits per heavy atom. The predicted molar refractivity (Wildman–Crippen MR) is 90.8 cm³/mol. The zero-order valence-electron chi connectivity index (χ0n) is 14.5. The topological polar surface area (TPSA) is 103 Å². The maximum Gasteiger partial charge on any atom is 0.325 e. The molecule has 0 bridgehead atoms. The fraction of sp³-hybridized carbons (Fsp3) is 0.500. The van der Waals surface area contributed by atoms with E-state index < -0.39 is 17.7 Å². The zero-order chi connectivity index (χ0) is 18.4. The van der Waals surface area contributed by atoms with Crippen molar-refractivity contribution in [1.82, 2.24) is 10.2 Å². The Labute approximate surface area is 147 Å². The van der Waals surface area contributed by atoms with E-state index in [-0.39, 0.29) is 19.1 Å². The number of aliphatic hydroxyl groups is 1. The number of urea groups is 1. The van der Waals surface area contributed by atoms with Crippen molar-refractivity contribution in [2.75, 3.05) is 13.2 Å². The molecule has 2 rings (SSSR count). The lowest BCUT2D eigenvalue weighted by molar-refractivity contribution is -0.132. The summed E-state index contributed by atoms with van der Waals surface area (Å²) in [7, 11) is 0. The largest absolute Gasteiger partial charge is 0.491 e. The molecule has 1 heterocycles. The van der Waals surface area contributed by atoms with Gasteiger partial charge in [-0.1, -0.05) is 25.5 Å². The molecule has 7 nitrogen and oxygen atoms in total. The van der Waals surface area contributed by atoms with E-state index in [1.165, 1.54) is 0 Å². The van der Waals surface area contributed by atoms with Gasteiger partial charge in [-0.3, -0.25) is 9.69 Å². The lowest BCUT2D eigenvalue weighted by atomic mass is 9.96. The summed E-state index contributed by atoms with van der Waals surface area (Å²) in [6, 6.07) is 8.56. The van der Waals surface area contributed by atoms with Crippen LogP contribution in [0.25, 0.3) is 0 Å². The Balaban J connectivity index is 1.87. The Morgan fingerprint density at radius 2 is 2.04 bits per heavy atom. The van der Waals surface area contributed by atoms with Crippen LogP contribution in [0.3, 0.4) is 0 Å². The first-order valence-corrected chi connectivity index (χ1v) is 8.30. The smallest absolute Gasteiger partial charge is 0.325 e. The quantitative estimate of drug-likeness (QED) is 0.697. The standard InChI is InChI=1S/C18H23N3O4/c1-3-9-18(2)16(23)21(17(24)20-18)11-14(22)12-25-15-6-4-13(5-7-15)8-10-19/h4-7,14,22H,3,8-9,11-12H2,1-2H3,(H,20,24)/t14-,18-/m0/s1. The number of ether oxygens (including phenoxy) is 1. The molecular formula is C18H23N3O4. The predicted octanol–water partition coefficient (Wildman–Crippen LogP) is 1.60. The van der Waals surface area contributed by atoms with Gasteiger partial charge in [0.1, 0.15) is 24.0 Å². The van der Waals surface area contributed by atoms with E-state index in [4.69, 9.17) is 10.00 Å². The van der Waals surface area contributed by atoms with E-state index in [2.05, 4.69) is 11.4 Å². The maximum atomic E-state index is 12.4. The molecule has 0 radical (unpaired) electrons. The average Bonchev–Trinajstić information content (AvgIpc) is 2.78. The summed E-state index contributed by atoms with van der Waals surface area (Å²) in [4.78, 5) is 25.4. The second-order valence-corrected chi connectivity index (χ2v) is 6.37. The van der Waals surface area contributed by atoms with Crippen molar-refractivity contribution >= 4 is 11.9 Å². The van der Waals surface area contributed by atoms with Gasteiger partial charge >= 0.3 is 6.03 Å². The van der Waals surface area contributed by atoms with E-state index in [0.29, 0.717) is 18.6 Å². The van der Waals surface area contributed by atoms with Crippen molar-refractivity contribution < 1.29 is 19.4 Å². The molecule has 1 saturated heterocycles. The number of imide groups is 1. The molecule has 0 aromatic heterocycles. The third kappa shape index (κ3) is 4.48. The van der Waals surface area contributed by atoms with Crippen LogP contribution >= 0.6 is 0 Å². The first kappa shape index (κ1) is 18.7. The molecule has 0 unspecified atom stereocenters. The van der Waals surface area contributed by atoms with E-state index in [1.807, 2.05) is 6.92 Å². The number of aliphatic hydroxyl groups excluding tert-OH is 1. The summed E-state index contributed by atoms with van der Waals surface area (Å²) >= 11 is 0. The Hall–Kier alpha value is -2.59. The summed E-state index contributed by atoms with van der Waals surface area (Å²) < 4.78 is 5.48. The number of nitrogens with one attached hydrogen (secondary N) is 1. The molecule has 2 atom stereocenters. The van der Waals surface area contributed by atoms with E-state index in [0.717, 1.165) is 16.9 Å². The van der Waals surface area contributed by atoms with Crippen LogP contribution in [0.1, 0.15) is 32.3 Å². The molecule has 25 heavy (non-hydrogen) atoms. The number of benzene rings is 1.